The summed E-state index contributed by atoms with van der Waals surface area (Å²) in [6.07, 6.45) is 5.57. The topological polar surface area (TPSA) is 21.6 Å². The second-order valence-corrected chi connectivity index (χ2v) is 7.24. The number of benzene rings is 2. The number of nitrogens with zero attached hydrogens (tertiary/aromatic N) is 1. The molecule has 3 heteroatoms. The van der Waals surface area contributed by atoms with Crippen LogP contribution in [-0.2, 0) is 11.8 Å². The van der Waals surface area contributed by atoms with Crippen LogP contribution in [0, 0.1) is 6.92 Å². The van der Waals surface area contributed by atoms with Crippen LogP contribution in [0.1, 0.15) is 29.5 Å². The summed E-state index contributed by atoms with van der Waals surface area (Å²) in [6.45, 7) is 2.83. The molecule has 2 aromatic rings. The summed E-state index contributed by atoms with van der Waals surface area (Å²) in [5.41, 5.74) is 4.99. The zero-order chi connectivity index (χ0) is 15.2. The monoisotopic (exact) mass is 355 g/mol. The van der Waals surface area contributed by atoms with Gasteiger partial charge in [-0.05, 0) is 55.5 Å². The Kier molecular flexibility index (Phi) is 3.33. The van der Waals surface area contributed by atoms with E-state index in [9.17, 15) is 0 Å². The van der Waals surface area contributed by atoms with Crippen molar-refractivity contribution >= 4 is 27.8 Å². The van der Waals surface area contributed by atoms with E-state index >= 15 is 0 Å². The fourth-order valence-corrected chi connectivity index (χ4v) is 3.93. The van der Waals surface area contributed by atoms with E-state index in [0.717, 1.165) is 28.8 Å². The molecule has 0 fully saturated rings. The number of ether oxygens (including phenoxy) is 1. The number of rotatable bonds is 0. The molecule has 22 heavy (non-hydrogen) atoms. The van der Waals surface area contributed by atoms with E-state index in [0.29, 0.717) is 6.61 Å². The Labute approximate surface area is 139 Å². The highest BCUT2D eigenvalue weighted by Crippen LogP contribution is 2.41. The van der Waals surface area contributed by atoms with E-state index in [1.54, 1.807) is 0 Å². The van der Waals surface area contributed by atoms with Gasteiger partial charge in [-0.15, -0.1) is 0 Å². The van der Waals surface area contributed by atoms with Crippen LogP contribution in [0.2, 0.25) is 0 Å². The summed E-state index contributed by atoms with van der Waals surface area (Å²) in [5, 5.41) is 0. The Morgan fingerprint density at radius 1 is 1.18 bits per heavy atom. The molecule has 1 heterocycles. The van der Waals surface area contributed by atoms with Crippen molar-refractivity contribution in [2.45, 2.75) is 31.6 Å². The molecule has 1 atom stereocenters. The second-order valence-electron chi connectivity index (χ2n) is 6.33. The first-order chi connectivity index (χ1) is 10.7. The zero-order valence-electron chi connectivity index (χ0n) is 12.6. The molecule has 2 nitrogen and oxygen atoms in total. The van der Waals surface area contributed by atoms with Crippen LogP contribution in [0.15, 0.2) is 45.9 Å². The highest BCUT2D eigenvalue weighted by atomic mass is 79.9. The van der Waals surface area contributed by atoms with E-state index in [1.165, 1.54) is 23.1 Å². The molecule has 1 aliphatic heterocycles. The van der Waals surface area contributed by atoms with Gasteiger partial charge in [-0.2, -0.15) is 0 Å². The average molecular weight is 356 g/mol. The van der Waals surface area contributed by atoms with Crippen LogP contribution in [0.3, 0.4) is 0 Å². The Morgan fingerprint density at radius 2 is 2.09 bits per heavy atom. The summed E-state index contributed by atoms with van der Waals surface area (Å²) in [5.74, 6) is 0.871. The van der Waals surface area contributed by atoms with Crippen molar-refractivity contribution < 1.29 is 4.74 Å². The Bertz CT molecular complexity index is 768. The first-order valence-electron chi connectivity index (χ1n) is 7.74. The van der Waals surface area contributed by atoms with Crippen molar-refractivity contribution in [2.75, 3.05) is 6.61 Å². The Hall–Kier alpha value is -1.61. The summed E-state index contributed by atoms with van der Waals surface area (Å²) in [6, 6.07) is 12.8. The minimum Gasteiger partial charge on any atom is -0.490 e. The van der Waals surface area contributed by atoms with Crippen LogP contribution in [0.25, 0.3) is 0 Å². The molecule has 0 amide bonds. The van der Waals surface area contributed by atoms with Gasteiger partial charge in [0.15, 0.2) is 0 Å². The largest absolute Gasteiger partial charge is 0.490 e. The van der Waals surface area contributed by atoms with Crippen LogP contribution >= 0.6 is 15.9 Å². The molecule has 0 bridgehead atoms. The Balaban J connectivity index is 1.80. The molecule has 1 aliphatic carbocycles. The molecule has 1 spiro atoms. The molecular weight excluding hydrogens is 338 g/mol. The quantitative estimate of drug-likeness (QED) is 0.642. The van der Waals surface area contributed by atoms with Crippen molar-refractivity contribution in [3.63, 3.8) is 0 Å². The van der Waals surface area contributed by atoms with Crippen molar-refractivity contribution in [3.05, 3.63) is 57.6 Å². The highest BCUT2D eigenvalue weighted by molar-refractivity contribution is 9.10. The van der Waals surface area contributed by atoms with Crippen LogP contribution in [0.5, 0.6) is 5.75 Å². The summed E-state index contributed by atoms with van der Waals surface area (Å²) >= 11 is 3.51. The van der Waals surface area contributed by atoms with Crippen molar-refractivity contribution in [3.8, 4) is 5.75 Å². The normalized spacial score (nSPS) is 22.6. The van der Waals surface area contributed by atoms with Crippen molar-refractivity contribution in [1.29, 1.82) is 0 Å². The number of aryl methyl sites for hydroxylation is 2. The second kappa shape index (κ2) is 5.24. The van der Waals surface area contributed by atoms with Crippen LogP contribution < -0.4 is 4.74 Å². The van der Waals surface area contributed by atoms with Crippen LogP contribution in [0.4, 0.5) is 5.69 Å². The minimum absolute atomic E-state index is 0.0905. The van der Waals surface area contributed by atoms with Gasteiger partial charge in [0.1, 0.15) is 18.0 Å². The number of hydrogen-bond acceptors (Lipinski definition) is 2. The summed E-state index contributed by atoms with van der Waals surface area (Å²) in [4.78, 5) is 4.77. The summed E-state index contributed by atoms with van der Waals surface area (Å²) < 4.78 is 7.17. The van der Waals surface area contributed by atoms with E-state index < -0.39 is 0 Å². The van der Waals surface area contributed by atoms with Gasteiger partial charge in [0, 0.05) is 10.7 Å². The number of aliphatic imine (C=N–C) groups is 1. The third-order valence-electron chi connectivity index (χ3n) is 4.72. The smallest absolute Gasteiger partial charge is 0.145 e. The molecule has 2 aliphatic rings. The van der Waals surface area contributed by atoms with Gasteiger partial charge in [-0.1, -0.05) is 39.7 Å². The lowest BCUT2D eigenvalue weighted by Crippen LogP contribution is -2.38. The molecule has 112 valence electrons. The number of halogens is 1. The molecule has 0 saturated heterocycles. The van der Waals surface area contributed by atoms with Gasteiger partial charge in [-0.3, -0.25) is 4.99 Å². The van der Waals surface area contributed by atoms with Gasteiger partial charge in [-0.25, -0.2) is 0 Å². The molecular formula is C19H18BrNO. The summed E-state index contributed by atoms with van der Waals surface area (Å²) in [7, 11) is 0. The van der Waals surface area contributed by atoms with E-state index in [2.05, 4.69) is 47.3 Å². The minimum atomic E-state index is -0.0905. The molecule has 4 rings (SSSR count). The Morgan fingerprint density at radius 3 is 3.00 bits per heavy atom. The molecule has 0 saturated carbocycles. The highest BCUT2D eigenvalue weighted by Gasteiger charge is 2.37. The average Bonchev–Trinajstić information content (AvgIpc) is 2.68. The molecule has 0 unspecified atom stereocenters. The number of fused-ring (bicyclic) bond motifs is 3. The maximum atomic E-state index is 6.14. The third kappa shape index (κ3) is 2.28. The predicted octanol–water partition coefficient (Wildman–Crippen LogP) is 5.13. The third-order valence-corrected chi connectivity index (χ3v) is 5.22. The van der Waals surface area contributed by atoms with Gasteiger partial charge in [0.2, 0.25) is 0 Å². The maximum Gasteiger partial charge on any atom is 0.145 e. The van der Waals surface area contributed by atoms with Gasteiger partial charge in [0.25, 0.3) is 0 Å². The van der Waals surface area contributed by atoms with Crippen molar-refractivity contribution in [2.24, 2.45) is 4.99 Å². The van der Waals surface area contributed by atoms with E-state index in [4.69, 9.17) is 9.73 Å². The van der Waals surface area contributed by atoms with Gasteiger partial charge >= 0.3 is 0 Å². The van der Waals surface area contributed by atoms with E-state index in [-0.39, 0.29) is 5.41 Å². The number of hydrogen-bond donors (Lipinski definition) is 0. The maximum absolute atomic E-state index is 6.14. The van der Waals surface area contributed by atoms with E-state index in [1.807, 2.05) is 18.2 Å². The van der Waals surface area contributed by atoms with Crippen LogP contribution in [-0.4, -0.2) is 12.8 Å². The van der Waals surface area contributed by atoms with Crippen molar-refractivity contribution in [1.82, 2.24) is 0 Å². The standard InChI is InChI=1S/C19H18BrNO/c1-13-4-6-16-14(9-13)3-2-8-19(16)11-21-17-10-15(20)5-7-18(17)22-12-19/h4-7,9-11H,2-3,8,12H2,1H3/t19-/m0/s1. The molecule has 2 aromatic carbocycles. The molecule has 0 N–H and O–H groups in total. The fraction of sp³-hybridized carbons (Fsp3) is 0.316. The molecule has 0 radical (unpaired) electrons. The zero-order valence-corrected chi connectivity index (χ0v) is 14.2. The molecule has 0 aromatic heterocycles. The fourth-order valence-electron chi connectivity index (χ4n) is 3.58. The SMILES string of the molecule is Cc1ccc2c(c1)CCC[C@@]21C=Nc2cc(Br)ccc2OC1. The first-order valence-corrected chi connectivity index (χ1v) is 8.53. The lowest BCUT2D eigenvalue weighted by molar-refractivity contribution is 0.249. The van der Waals surface area contributed by atoms with Gasteiger partial charge in [0.05, 0.1) is 5.41 Å². The first kappa shape index (κ1) is 14.0. The lowest BCUT2D eigenvalue weighted by Gasteiger charge is -2.35. The van der Waals surface area contributed by atoms with Gasteiger partial charge < -0.3 is 4.74 Å². The lowest BCUT2D eigenvalue weighted by atomic mass is 9.71. The predicted molar refractivity (Wildman–Crippen MR) is 93.6 cm³/mol.